The molecule has 92 valence electrons. The fourth-order valence-electron chi connectivity index (χ4n) is 1.30. The van der Waals surface area contributed by atoms with Crippen molar-refractivity contribution in [2.45, 2.75) is 20.8 Å². The quantitative estimate of drug-likeness (QED) is 0.670. The molecule has 0 aromatic carbocycles. The molecule has 0 bridgehead atoms. The van der Waals surface area contributed by atoms with E-state index in [0.717, 1.165) is 4.99 Å². The van der Waals surface area contributed by atoms with Crippen LogP contribution >= 0.6 is 59.3 Å². The van der Waals surface area contributed by atoms with Gasteiger partial charge in [0.2, 0.25) is 0 Å². The first-order valence-corrected chi connectivity index (χ1v) is 8.76. The maximum absolute atomic E-state index is 5.32. The van der Waals surface area contributed by atoms with E-state index in [1.165, 1.54) is 28.1 Å². The molecule has 0 aromatic heterocycles. The van der Waals surface area contributed by atoms with Crippen molar-refractivity contribution >= 4 is 64.3 Å². The molecule has 2 heterocycles. The molecule has 0 fully saturated rings. The first kappa shape index (κ1) is 13.9. The number of rotatable bonds is 1. The Kier molecular flexibility index (Phi) is 4.63. The van der Waals surface area contributed by atoms with Crippen LogP contribution in [0.4, 0.5) is 0 Å². The fraction of sp³-hybridized carbons (Fsp3) is 0.364. The van der Waals surface area contributed by atoms with Crippen molar-refractivity contribution in [2.75, 3.05) is 7.05 Å². The summed E-state index contributed by atoms with van der Waals surface area (Å²) in [7, 11) is 1.88. The number of thiocarbonyl (C=S) groups is 1. The van der Waals surface area contributed by atoms with Gasteiger partial charge in [0.25, 0.3) is 0 Å². The second-order valence-electron chi connectivity index (χ2n) is 3.56. The first-order valence-electron chi connectivity index (χ1n) is 5.09. The van der Waals surface area contributed by atoms with E-state index in [9.17, 15) is 0 Å². The van der Waals surface area contributed by atoms with Gasteiger partial charge >= 0.3 is 0 Å². The van der Waals surface area contributed by atoms with Crippen molar-refractivity contribution in [1.82, 2.24) is 5.32 Å². The molecule has 6 heteroatoms. The fourth-order valence-corrected chi connectivity index (χ4v) is 7.02. The lowest BCUT2D eigenvalue weighted by Crippen LogP contribution is -2.15. The van der Waals surface area contributed by atoms with Crippen LogP contribution in [0.15, 0.2) is 28.1 Å². The number of likely N-dealkylation sites (N-methyl/N-ethyl adjacent to an activating group) is 1. The van der Waals surface area contributed by atoms with Crippen molar-refractivity contribution in [3.8, 4) is 0 Å². The van der Waals surface area contributed by atoms with Crippen molar-refractivity contribution in [1.29, 1.82) is 0 Å². The molecule has 0 atom stereocenters. The molecule has 0 aliphatic carbocycles. The van der Waals surface area contributed by atoms with Gasteiger partial charge in [-0.05, 0) is 30.6 Å². The predicted octanol–water partition coefficient (Wildman–Crippen LogP) is 5.10. The van der Waals surface area contributed by atoms with Crippen molar-refractivity contribution in [3.05, 3.63) is 28.1 Å². The Hall–Kier alpha value is 0.510. The van der Waals surface area contributed by atoms with Gasteiger partial charge in [-0.25, -0.2) is 0 Å². The van der Waals surface area contributed by atoms with Gasteiger partial charge in [-0.2, -0.15) is 0 Å². The number of hydrogen-bond acceptors (Lipinski definition) is 5. The number of thioether (sulfide) groups is 4. The summed E-state index contributed by atoms with van der Waals surface area (Å²) in [6.45, 7) is 6.51. The molecule has 0 aromatic rings. The van der Waals surface area contributed by atoms with E-state index < -0.39 is 0 Å². The van der Waals surface area contributed by atoms with Gasteiger partial charge in [0, 0.05) is 12.0 Å². The second-order valence-corrected chi connectivity index (χ2v) is 9.18. The summed E-state index contributed by atoms with van der Waals surface area (Å²) in [5, 5.41) is 3.06. The number of allylic oxidation sites excluding steroid dienone is 3. The highest BCUT2D eigenvalue weighted by Crippen LogP contribution is 2.59. The van der Waals surface area contributed by atoms with Gasteiger partial charge in [0.15, 0.2) is 0 Å². The molecule has 0 saturated heterocycles. The van der Waals surface area contributed by atoms with Gasteiger partial charge in [-0.1, -0.05) is 59.3 Å². The maximum atomic E-state index is 5.32. The Morgan fingerprint density at radius 2 is 1.35 bits per heavy atom. The Labute approximate surface area is 125 Å². The highest BCUT2D eigenvalue weighted by atomic mass is 32.2. The highest BCUT2D eigenvalue weighted by molar-refractivity contribution is 8.34. The zero-order valence-electron chi connectivity index (χ0n) is 10.0. The molecule has 2 aliphatic heterocycles. The Balaban J connectivity index is 2.17. The zero-order valence-corrected chi connectivity index (χ0v) is 14.1. The molecule has 2 aliphatic rings. The average molecular weight is 320 g/mol. The minimum atomic E-state index is 0.852. The molecule has 0 radical (unpaired) electrons. The SMILES string of the molecule is CNC(=S)C1=C(C)SC(=C2SC(C)=C(C)S2)S1. The maximum Gasteiger partial charge on any atom is 0.113 e. The third-order valence-corrected chi connectivity index (χ3v) is 8.67. The number of nitrogens with one attached hydrogen (secondary N) is 1. The lowest BCUT2D eigenvalue weighted by molar-refractivity contribution is 1.21. The van der Waals surface area contributed by atoms with Crippen LogP contribution in [0.25, 0.3) is 0 Å². The second kappa shape index (κ2) is 5.65. The smallest absolute Gasteiger partial charge is 0.113 e. The average Bonchev–Trinajstić information content (AvgIpc) is 2.82. The van der Waals surface area contributed by atoms with Crippen molar-refractivity contribution < 1.29 is 0 Å². The van der Waals surface area contributed by atoms with Gasteiger partial charge in [-0.3, -0.25) is 0 Å². The Bertz CT molecular complexity index is 456. The summed E-state index contributed by atoms with van der Waals surface area (Å²) in [5.41, 5.74) is 0. The van der Waals surface area contributed by atoms with Crippen LogP contribution in [0.3, 0.4) is 0 Å². The summed E-state index contributed by atoms with van der Waals surface area (Å²) in [5.74, 6) is 0. The molecule has 1 nitrogen and oxygen atoms in total. The molecule has 0 saturated carbocycles. The van der Waals surface area contributed by atoms with Gasteiger partial charge in [0.05, 0.1) is 13.4 Å². The van der Waals surface area contributed by atoms with E-state index in [-0.39, 0.29) is 0 Å². The third kappa shape index (κ3) is 2.92. The first-order chi connectivity index (χ1) is 8.02. The van der Waals surface area contributed by atoms with Crippen molar-refractivity contribution in [2.24, 2.45) is 0 Å². The molecular weight excluding hydrogens is 306 g/mol. The van der Waals surface area contributed by atoms with Gasteiger partial charge < -0.3 is 5.32 Å². The lowest BCUT2D eigenvalue weighted by atomic mass is 10.5. The van der Waals surface area contributed by atoms with Crippen LogP contribution in [0.1, 0.15) is 20.8 Å². The van der Waals surface area contributed by atoms with Crippen LogP contribution in [-0.4, -0.2) is 12.0 Å². The zero-order chi connectivity index (χ0) is 12.6. The van der Waals surface area contributed by atoms with E-state index in [2.05, 4.69) is 26.1 Å². The van der Waals surface area contributed by atoms with Gasteiger partial charge in [-0.15, -0.1) is 0 Å². The van der Waals surface area contributed by atoms with Crippen LogP contribution in [0.5, 0.6) is 0 Å². The third-order valence-electron chi connectivity index (χ3n) is 2.35. The van der Waals surface area contributed by atoms with Crippen LogP contribution < -0.4 is 5.32 Å². The van der Waals surface area contributed by atoms with Crippen LogP contribution in [-0.2, 0) is 0 Å². The lowest BCUT2D eigenvalue weighted by Gasteiger charge is -2.04. The van der Waals surface area contributed by atoms with E-state index in [0.29, 0.717) is 0 Å². The van der Waals surface area contributed by atoms with Crippen molar-refractivity contribution in [3.63, 3.8) is 0 Å². The van der Waals surface area contributed by atoms with E-state index in [1.54, 1.807) is 11.8 Å². The summed E-state index contributed by atoms with van der Waals surface area (Å²) >= 11 is 12.7. The number of hydrogen-bond donors (Lipinski definition) is 1. The molecular formula is C11H13NS5. The highest BCUT2D eigenvalue weighted by Gasteiger charge is 2.27. The van der Waals surface area contributed by atoms with E-state index in [1.807, 2.05) is 42.3 Å². The van der Waals surface area contributed by atoms with Gasteiger partial charge in [0.1, 0.15) is 4.99 Å². The van der Waals surface area contributed by atoms with Crippen LogP contribution in [0, 0.1) is 0 Å². The standard InChI is InChI=1S/C11H13NS5/c1-5-6(2)15-10(14-5)11-16-7(3)8(17-11)9(13)12-4/h1-4H3,(H,12,13). The monoisotopic (exact) mass is 319 g/mol. The largest absolute Gasteiger partial charge is 0.378 e. The Morgan fingerprint density at radius 3 is 1.88 bits per heavy atom. The minimum Gasteiger partial charge on any atom is -0.378 e. The molecule has 0 unspecified atom stereocenters. The van der Waals surface area contributed by atoms with Crippen LogP contribution in [0.2, 0.25) is 0 Å². The summed E-state index contributed by atoms with van der Waals surface area (Å²) in [6.07, 6.45) is 0. The van der Waals surface area contributed by atoms with E-state index >= 15 is 0 Å². The Morgan fingerprint density at radius 1 is 0.882 bits per heavy atom. The summed E-state index contributed by atoms with van der Waals surface area (Å²) in [4.78, 5) is 6.20. The molecule has 17 heavy (non-hydrogen) atoms. The van der Waals surface area contributed by atoms with E-state index in [4.69, 9.17) is 12.2 Å². The molecule has 0 spiro atoms. The summed E-state index contributed by atoms with van der Waals surface area (Å²) in [6, 6.07) is 0. The topological polar surface area (TPSA) is 12.0 Å². The predicted molar refractivity (Wildman–Crippen MR) is 90.1 cm³/mol. The molecule has 2 rings (SSSR count). The molecule has 0 amide bonds. The molecule has 1 N–H and O–H groups in total. The minimum absolute atomic E-state index is 0.852. The summed E-state index contributed by atoms with van der Waals surface area (Å²) < 4.78 is 2.78. The normalized spacial score (nSPS) is 20.7.